The van der Waals surface area contributed by atoms with Crippen LogP contribution in [0.25, 0.3) is 0 Å². The number of nitrogens with one attached hydrogen (secondary N) is 1. The van der Waals surface area contributed by atoms with Gasteiger partial charge in [0.25, 0.3) is 0 Å². The Morgan fingerprint density at radius 3 is 2.94 bits per heavy atom. The normalized spacial score (nSPS) is 22.2. The summed E-state index contributed by atoms with van der Waals surface area (Å²) in [7, 11) is 2.17. The van der Waals surface area contributed by atoms with Crippen LogP contribution in [0.1, 0.15) is 44.1 Å². The lowest BCUT2D eigenvalue weighted by molar-refractivity contribution is 0.411. The molecule has 0 bridgehead atoms. The molecule has 1 fully saturated rings. The molecule has 1 atom stereocenters. The van der Waals surface area contributed by atoms with Crippen molar-refractivity contribution in [2.24, 2.45) is 5.73 Å². The fourth-order valence-corrected chi connectivity index (χ4v) is 2.34. The number of H-pyrrole nitrogens is 1. The molecule has 0 aliphatic carbocycles. The van der Waals surface area contributed by atoms with Crippen molar-refractivity contribution in [2.45, 2.75) is 44.6 Å². The lowest BCUT2D eigenvalue weighted by Gasteiger charge is -2.16. The van der Waals surface area contributed by atoms with Crippen molar-refractivity contribution in [3.05, 3.63) is 17.7 Å². The summed E-state index contributed by atoms with van der Waals surface area (Å²) >= 11 is 0. The van der Waals surface area contributed by atoms with E-state index in [-0.39, 0.29) is 5.54 Å². The molecular weight excluding hydrogens is 212 g/mol. The molecule has 0 saturated carbocycles. The minimum absolute atomic E-state index is 0.111. The summed E-state index contributed by atoms with van der Waals surface area (Å²) in [6.07, 6.45) is 5.14. The van der Waals surface area contributed by atoms with Crippen LogP contribution in [0.3, 0.4) is 0 Å². The maximum absolute atomic E-state index is 5.98. The Morgan fingerprint density at radius 1 is 1.59 bits per heavy atom. The second-order valence-electron chi connectivity index (χ2n) is 6.02. The zero-order valence-corrected chi connectivity index (χ0v) is 11.2. The maximum atomic E-state index is 5.98. The third-order valence-corrected chi connectivity index (χ3v) is 3.49. The van der Waals surface area contributed by atoms with E-state index in [0.29, 0.717) is 5.92 Å². The zero-order chi connectivity index (χ0) is 12.5. The Labute approximate surface area is 104 Å². The average Bonchev–Trinajstić information content (AvgIpc) is 2.81. The highest BCUT2D eigenvalue weighted by molar-refractivity contribution is 5.10. The number of aromatic amines is 1. The van der Waals surface area contributed by atoms with E-state index in [4.69, 9.17) is 5.73 Å². The van der Waals surface area contributed by atoms with Crippen LogP contribution in [0, 0.1) is 0 Å². The van der Waals surface area contributed by atoms with Gasteiger partial charge in [-0.3, -0.25) is 0 Å². The first-order valence-corrected chi connectivity index (χ1v) is 6.45. The molecule has 0 spiro atoms. The van der Waals surface area contributed by atoms with E-state index in [1.54, 1.807) is 0 Å². The van der Waals surface area contributed by atoms with Crippen LogP contribution in [-0.2, 0) is 6.42 Å². The SMILES string of the molecule is CN1CCC(c2cnc(CCC(C)(C)N)[nH]2)C1. The van der Waals surface area contributed by atoms with Crippen molar-refractivity contribution in [3.63, 3.8) is 0 Å². The van der Waals surface area contributed by atoms with Gasteiger partial charge in [0, 0.05) is 36.3 Å². The largest absolute Gasteiger partial charge is 0.346 e. The van der Waals surface area contributed by atoms with Gasteiger partial charge >= 0.3 is 0 Å². The number of aromatic nitrogens is 2. The van der Waals surface area contributed by atoms with Gasteiger partial charge in [-0.2, -0.15) is 0 Å². The van der Waals surface area contributed by atoms with Crippen LogP contribution < -0.4 is 5.73 Å². The molecular formula is C13H24N4. The summed E-state index contributed by atoms with van der Waals surface area (Å²) in [5.74, 6) is 1.71. The lowest BCUT2D eigenvalue weighted by Crippen LogP contribution is -2.32. The van der Waals surface area contributed by atoms with Crippen LogP contribution in [0.4, 0.5) is 0 Å². The third kappa shape index (κ3) is 3.54. The summed E-state index contributed by atoms with van der Waals surface area (Å²) in [5, 5.41) is 0. The van der Waals surface area contributed by atoms with Gasteiger partial charge in [-0.15, -0.1) is 0 Å². The second-order valence-corrected chi connectivity index (χ2v) is 6.02. The van der Waals surface area contributed by atoms with E-state index in [2.05, 4.69) is 35.8 Å². The summed E-state index contributed by atoms with van der Waals surface area (Å²) in [5.41, 5.74) is 7.16. The number of imidazole rings is 1. The van der Waals surface area contributed by atoms with Crippen molar-refractivity contribution in [3.8, 4) is 0 Å². The minimum Gasteiger partial charge on any atom is -0.346 e. The van der Waals surface area contributed by atoms with Crippen LogP contribution >= 0.6 is 0 Å². The quantitative estimate of drug-likeness (QED) is 0.833. The Morgan fingerprint density at radius 2 is 2.35 bits per heavy atom. The number of aryl methyl sites for hydroxylation is 1. The molecule has 17 heavy (non-hydrogen) atoms. The number of likely N-dealkylation sites (N-methyl/N-ethyl adjacent to an activating group) is 1. The van der Waals surface area contributed by atoms with Crippen LogP contribution in [0.2, 0.25) is 0 Å². The summed E-state index contributed by atoms with van der Waals surface area (Å²) < 4.78 is 0. The molecule has 0 radical (unpaired) electrons. The average molecular weight is 236 g/mol. The van der Waals surface area contributed by atoms with Crippen LogP contribution in [0.15, 0.2) is 6.20 Å². The standard InChI is InChI=1S/C13H24N4/c1-13(2,14)6-4-12-15-8-11(16-12)10-5-7-17(3)9-10/h8,10H,4-7,9,14H2,1-3H3,(H,15,16). The molecule has 1 unspecified atom stereocenters. The van der Waals surface area contributed by atoms with Crippen molar-refractivity contribution >= 4 is 0 Å². The van der Waals surface area contributed by atoms with E-state index >= 15 is 0 Å². The monoisotopic (exact) mass is 236 g/mol. The molecule has 4 nitrogen and oxygen atoms in total. The molecule has 1 aromatic heterocycles. The topological polar surface area (TPSA) is 57.9 Å². The molecule has 1 aliphatic heterocycles. The molecule has 0 amide bonds. The number of nitrogens with two attached hydrogens (primary N) is 1. The molecule has 4 heteroatoms. The fourth-order valence-electron chi connectivity index (χ4n) is 2.34. The van der Waals surface area contributed by atoms with Gasteiger partial charge in [-0.25, -0.2) is 4.98 Å². The Kier molecular flexibility index (Phi) is 3.54. The minimum atomic E-state index is -0.111. The van der Waals surface area contributed by atoms with Crippen molar-refractivity contribution in [1.82, 2.24) is 14.9 Å². The predicted octanol–water partition coefficient (Wildman–Crippen LogP) is 1.50. The van der Waals surface area contributed by atoms with Gasteiger partial charge < -0.3 is 15.6 Å². The van der Waals surface area contributed by atoms with Crippen LogP contribution in [0.5, 0.6) is 0 Å². The summed E-state index contributed by atoms with van der Waals surface area (Å²) in [6.45, 7) is 6.45. The first-order chi connectivity index (χ1) is 7.94. The number of hydrogen-bond acceptors (Lipinski definition) is 3. The highest BCUT2D eigenvalue weighted by Crippen LogP contribution is 2.24. The van der Waals surface area contributed by atoms with Gasteiger partial charge in [0.05, 0.1) is 0 Å². The number of likely N-dealkylation sites (tertiary alicyclic amines) is 1. The molecule has 1 saturated heterocycles. The first-order valence-electron chi connectivity index (χ1n) is 6.45. The van der Waals surface area contributed by atoms with Crippen LogP contribution in [-0.4, -0.2) is 40.5 Å². The molecule has 96 valence electrons. The Balaban J connectivity index is 1.92. The highest BCUT2D eigenvalue weighted by atomic mass is 15.1. The summed E-state index contributed by atoms with van der Waals surface area (Å²) in [4.78, 5) is 10.3. The van der Waals surface area contributed by atoms with E-state index in [0.717, 1.165) is 25.2 Å². The van der Waals surface area contributed by atoms with Gasteiger partial charge in [-0.1, -0.05) is 0 Å². The van der Waals surface area contributed by atoms with E-state index in [9.17, 15) is 0 Å². The number of rotatable bonds is 4. The maximum Gasteiger partial charge on any atom is 0.106 e. The van der Waals surface area contributed by atoms with Gasteiger partial charge in [0.1, 0.15) is 5.82 Å². The third-order valence-electron chi connectivity index (χ3n) is 3.49. The molecule has 0 aromatic carbocycles. The Hall–Kier alpha value is -0.870. The van der Waals surface area contributed by atoms with E-state index < -0.39 is 0 Å². The van der Waals surface area contributed by atoms with Gasteiger partial charge in [0.15, 0.2) is 0 Å². The predicted molar refractivity (Wildman–Crippen MR) is 70.0 cm³/mol. The number of nitrogens with zero attached hydrogens (tertiary/aromatic N) is 2. The molecule has 1 aromatic rings. The smallest absolute Gasteiger partial charge is 0.106 e. The van der Waals surface area contributed by atoms with E-state index in [1.165, 1.54) is 18.7 Å². The Bertz CT molecular complexity index is 364. The van der Waals surface area contributed by atoms with Gasteiger partial charge in [0.2, 0.25) is 0 Å². The molecule has 2 heterocycles. The van der Waals surface area contributed by atoms with Crippen molar-refractivity contribution < 1.29 is 0 Å². The second kappa shape index (κ2) is 4.78. The lowest BCUT2D eigenvalue weighted by atomic mass is 10.00. The zero-order valence-electron chi connectivity index (χ0n) is 11.2. The molecule has 1 aliphatic rings. The molecule has 3 N–H and O–H groups in total. The van der Waals surface area contributed by atoms with Gasteiger partial charge in [-0.05, 0) is 40.3 Å². The van der Waals surface area contributed by atoms with Crippen molar-refractivity contribution in [2.75, 3.05) is 20.1 Å². The van der Waals surface area contributed by atoms with Crippen molar-refractivity contribution in [1.29, 1.82) is 0 Å². The highest BCUT2D eigenvalue weighted by Gasteiger charge is 2.22. The first kappa shape index (κ1) is 12.6. The molecule has 2 rings (SSSR count). The summed E-state index contributed by atoms with van der Waals surface area (Å²) in [6, 6.07) is 0. The number of hydrogen-bond donors (Lipinski definition) is 2. The fraction of sp³-hybridized carbons (Fsp3) is 0.769. The van der Waals surface area contributed by atoms with E-state index in [1.807, 2.05) is 6.20 Å².